The Balaban J connectivity index is 1.56. The summed E-state index contributed by atoms with van der Waals surface area (Å²) in [6.07, 6.45) is -2.73. The molecule has 1 saturated heterocycles. The number of urea groups is 1. The number of carbonyl (C=O) groups is 2. The molecule has 1 aliphatic heterocycles. The highest BCUT2D eigenvalue weighted by Gasteiger charge is 2.47. The van der Waals surface area contributed by atoms with Gasteiger partial charge in [-0.15, -0.1) is 0 Å². The number of hydrogen-bond donors (Lipinski definition) is 5. The fourth-order valence-electron chi connectivity index (χ4n) is 3.19. The molecule has 3 aromatic heterocycles. The van der Waals surface area contributed by atoms with E-state index in [2.05, 4.69) is 36.1 Å². The number of ether oxygens (including phenoxy) is 1. The van der Waals surface area contributed by atoms with E-state index in [1.807, 2.05) is 0 Å². The molecule has 0 radical (unpaired) electrons. The Kier molecular flexibility index (Phi) is 5.50. The smallest absolute Gasteiger partial charge is 0.326 e. The van der Waals surface area contributed by atoms with Crippen LogP contribution in [0.2, 0.25) is 0 Å². The number of anilines is 2. The third-order valence-electron chi connectivity index (χ3n) is 4.58. The number of imidazole rings is 1. The van der Waals surface area contributed by atoms with E-state index in [0.29, 0.717) is 12.3 Å². The van der Waals surface area contributed by atoms with E-state index >= 15 is 0 Å². The zero-order chi connectivity index (χ0) is 22.1. The maximum Gasteiger partial charge on any atom is 0.326 e. The van der Waals surface area contributed by atoms with Crippen LogP contribution in [0.15, 0.2) is 23.2 Å². The van der Waals surface area contributed by atoms with Crippen molar-refractivity contribution in [2.24, 2.45) is 0 Å². The third-order valence-corrected chi connectivity index (χ3v) is 4.58. The zero-order valence-electron chi connectivity index (χ0n) is 16.5. The number of fused-ring (bicyclic) bond motifs is 1. The Morgan fingerprint density at radius 1 is 1.19 bits per heavy atom. The maximum atomic E-state index is 12.2. The van der Waals surface area contributed by atoms with E-state index in [0.717, 1.165) is 0 Å². The SMILES string of the molecule is CCNC(=O)[C@H]1O[C@@H](n2cnc3c(NC(=O)Nc4cc(C)on4)ncnc32)[C@@H](O)[C@H]1O. The van der Waals surface area contributed by atoms with Gasteiger partial charge in [-0.05, 0) is 13.8 Å². The first-order valence-electron chi connectivity index (χ1n) is 9.37. The lowest BCUT2D eigenvalue weighted by atomic mass is 10.1. The number of amides is 3. The predicted octanol–water partition coefficient (Wildman–Crippen LogP) is -0.478. The number of nitrogens with one attached hydrogen (secondary N) is 3. The summed E-state index contributed by atoms with van der Waals surface area (Å²) >= 11 is 0. The van der Waals surface area contributed by atoms with Gasteiger partial charge in [0.15, 0.2) is 35.1 Å². The van der Waals surface area contributed by atoms with Crippen LogP contribution in [0.5, 0.6) is 0 Å². The fraction of sp³-hybridized carbons (Fsp3) is 0.412. The number of aromatic nitrogens is 5. The van der Waals surface area contributed by atoms with Gasteiger partial charge in [-0.2, -0.15) is 0 Å². The van der Waals surface area contributed by atoms with Gasteiger partial charge >= 0.3 is 6.03 Å². The van der Waals surface area contributed by atoms with Crippen LogP contribution in [0.25, 0.3) is 11.2 Å². The molecule has 1 aliphatic rings. The summed E-state index contributed by atoms with van der Waals surface area (Å²) in [4.78, 5) is 36.6. The Morgan fingerprint density at radius 3 is 2.71 bits per heavy atom. The second-order valence-electron chi connectivity index (χ2n) is 6.77. The number of carbonyl (C=O) groups excluding carboxylic acids is 2. The highest BCUT2D eigenvalue weighted by molar-refractivity contribution is 6.02. The van der Waals surface area contributed by atoms with Crippen molar-refractivity contribution in [2.75, 3.05) is 17.2 Å². The predicted molar refractivity (Wildman–Crippen MR) is 104 cm³/mol. The van der Waals surface area contributed by atoms with Crippen molar-refractivity contribution in [2.45, 2.75) is 38.4 Å². The first-order valence-corrected chi connectivity index (χ1v) is 9.37. The highest BCUT2D eigenvalue weighted by atomic mass is 16.6. The van der Waals surface area contributed by atoms with Crippen molar-refractivity contribution in [1.82, 2.24) is 30.0 Å². The van der Waals surface area contributed by atoms with Crippen molar-refractivity contribution in [3.63, 3.8) is 0 Å². The average molecular weight is 432 g/mol. The number of hydrogen-bond acceptors (Lipinski definition) is 10. The van der Waals surface area contributed by atoms with Crippen LogP contribution in [-0.2, 0) is 9.53 Å². The molecule has 0 saturated carbocycles. The monoisotopic (exact) mass is 432 g/mol. The topological polar surface area (TPSA) is 190 Å². The summed E-state index contributed by atoms with van der Waals surface area (Å²) in [6, 6.07) is 0.908. The number of aryl methyl sites for hydroxylation is 1. The number of aliphatic hydroxyl groups is 2. The number of aliphatic hydroxyl groups excluding tert-OH is 2. The summed E-state index contributed by atoms with van der Waals surface area (Å²) in [5.74, 6) is 0.299. The molecule has 3 amide bonds. The molecule has 164 valence electrons. The van der Waals surface area contributed by atoms with Gasteiger partial charge in [-0.1, -0.05) is 5.16 Å². The van der Waals surface area contributed by atoms with E-state index in [9.17, 15) is 19.8 Å². The Morgan fingerprint density at radius 2 is 2.00 bits per heavy atom. The van der Waals surface area contributed by atoms with Gasteiger partial charge in [0.05, 0.1) is 6.33 Å². The number of rotatable bonds is 5. The van der Waals surface area contributed by atoms with E-state index in [1.165, 1.54) is 17.2 Å². The molecule has 1 fully saturated rings. The standard InChI is InChI=1S/C17H20N8O6/c1-3-18-15(28)12-10(26)11(27)16(30-12)25-6-21-9-13(19-5-20-14(9)25)23-17(29)22-8-4-7(2)31-24-8/h4-6,10-12,16,26-27H,3H2,1-2H3,(H,18,28)(H2,19,20,22,23,24,29)/t10-,11+,12+,16-/m1/s1. The molecule has 0 spiro atoms. The molecule has 0 aliphatic carbocycles. The molecule has 4 heterocycles. The molecule has 14 heteroatoms. The number of nitrogens with zero attached hydrogens (tertiary/aromatic N) is 5. The summed E-state index contributed by atoms with van der Waals surface area (Å²) in [5.41, 5.74) is 0.427. The quantitative estimate of drug-likeness (QED) is 0.352. The van der Waals surface area contributed by atoms with Crippen LogP contribution in [0, 0.1) is 6.92 Å². The fourth-order valence-corrected chi connectivity index (χ4v) is 3.19. The largest absolute Gasteiger partial charge is 0.387 e. The van der Waals surface area contributed by atoms with Crippen LogP contribution in [-0.4, -0.2) is 71.7 Å². The lowest BCUT2D eigenvalue weighted by molar-refractivity contribution is -0.137. The molecule has 4 rings (SSSR count). The van der Waals surface area contributed by atoms with Crippen LogP contribution in [0.4, 0.5) is 16.4 Å². The summed E-state index contributed by atoms with van der Waals surface area (Å²) < 4.78 is 11.8. The van der Waals surface area contributed by atoms with Gasteiger partial charge in [-0.25, -0.2) is 19.7 Å². The molecule has 14 nitrogen and oxygen atoms in total. The van der Waals surface area contributed by atoms with Crippen LogP contribution < -0.4 is 16.0 Å². The average Bonchev–Trinajstić information content (AvgIpc) is 3.41. The molecule has 0 aromatic carbocycles. The Labute approximate surface area is 174 Å². The Hall–Kier alpha value is -3.62. The minimum absolute atomic E-state index is 0.0924. The maximum absolute atomic E-state index is 12.2. The minimum atomic E-state index is -1.44. The molecule has 31 heavy (non-hydrogen) atoms. The first kappa shape index (κ1) is 20.6. The van der Waals surface area contributed by atoms with Crippen LogP contribution in [0.1, 0.15) is 18.9 Å². The van der Waals surface area contributed by atoms with Crippen molar-refractivity contribution in [3.05, 3.63) is 24.5 Å². The molecule has 0 bridgehead atoms. The molecular weight excluding hydrogens is 412 g/mol. The molecular formula is C17H20N8O6. The summed E-state index contributed by atoms with van der Waals surface area (Å²) in [5, 5.41) is 31.9. The van der Waals surface area contributed by atoms with Gasteiger partial charge in [0.25, 0.3) is 5.91 Å². The molecule has 4 atom stereocenters. The normalized spacial score (nSPS) is 23.1. The van der Waals surface area contributed by atoms with E-state index in [4.69, 9.17) is 9.26 Å². The third kappa shape index (κ3) is 3.90. The first-order chi connectivity index (χ1) is 14.9. The van der Waals surface area contributed by atoms with E-state index < -0.39 is 36.5 Å². The lowest BCUT2D eigenvalue weighted by Gasteiger charge is -2.16. The van der Waals surface area contributed by atoms with Gasteiger partial charge in [0.2, 0.25) is 0 Å². The Bertz CT molecular complexity index is 1110. The molecule has 0 unspecified atom stereocenters. The van der Waals surface area contributed by atoms with Crippen molar-refractivity contribution in [3.8, 4) is 0 Å². The highest BCUT2D eigenvalue weighted by Crippen LogP contribution is 2.32. The molecule has 3 aromatic rings. The summed E-state index contributed by atoms with van der Waals surface area (Å²) in [6.45, 7) is 3.75. The summed E-state index contributed by atoms with van der Waals surface area (Å²) in [7, 11) is 0. The van der Waals surface area contributed by atoms with Gasteiger partial charge < -0.3 is 24.8 Å². The zero-order valence-corrected chi connectivity index (χ0v) is 16.5. The van der Waals surface area contributed by atoms with E-state index in [-0.39, 0.29) is 22.8 Å². The lowest BCUT2D eigenvalue weighted by Crippen LogP contribution is -2.42. The van der Waals surface area contributed by atoms with Gasteiger partial charge in [0.1, 0.15) is 24.3 Å². The second-order valence-corrected chi connectivity index (χ2v) is 6.77. The van der Waals surface area contributed by atoms with Crippen molar-refractivity contribution < 1.29 is 29.1 Å². The van der Waals surface area contributed by atoms with Crippen LogP contribution >= 0.6 is 0 Å². The molecule has 5 N–H and O–H groups in total. The number of likely N-dealkylation sites (N-methyl/N-ethyl adjacent to an activating group) is 1. The second kappa shape index (κ2) is 8.25. The van der Waals surface area contributed by atoms with Crippen LogP contribution in [0.3, 0.4) is 0 Å². The van der Waals surface area contributed by atoms with Gasteiger partial charge in [0, 0.05) is 12.6 Å². The van der Waals surface area contributed by atoms with E-state index in [1.54, 1.807) is 19.9 Å². The van der Waals surface area contributed by atoms with Crippen molar-refractivity contribution in [1.29, 1.82) is 0 Å². The van der Waals surface area contributed by atoms with Crippen molar-refractivity contribution >= 4 is 34.7 Å². The van der Waals surface area contributed by atoms with Gasteiger partial charge in [-0.3, -0.25) is 20.0 Å². The minimum Gasteiger partial charge on any atom is -0.387 e.